The first kappa shape index (κ1) is 77.2. The Balaban J connectivity index is -0.000000000635. The summed E-state index contributed by atoms with van der Waals surface area (Å²) in [6, 6.07) is 0. The van der Waals surface area contributed by atoms with Crippen molar-refractivity contribution in [2.75, 3.05) is 0 Å². The second-order valence-electron chi connectivity index (χ2n) is 0. The predicted octanol–water partition coefficient (Wildman–Crippen LogP) is -1.23. The molecule has 0 aliphatic carbocycles. The Morgan fingerprint density at radius 2 is 1.00 bits per heavy atom. The van der Waals surface area contributed by atoms with Crippen LogP contribution < -0.4 is 0 Å². The fraction of sp³-hybridized carbons (Fsp3) is 0. The Morgan fingerprint density at radius 1 is 1.00 bits per heavy atom. The van der Waals surface area contributed by atoms with Crippen molar-refractivity contribution in [3.63, 3.8) is 0 Å². The van der Waals surface area contributed by atoms with Gasteiger partial charge in [-0.05, 0) is 0 Å². The van der Waals surface area contributed by atoms with Crippen LogP contribution in [-0.4, -0.2) is 21.5 Å². The Morgan fingerprint density at radius 3 is 1.00 bits per heavy atom. The topological polar surface area (TPSA) is 138 Å². The van der Waals surface area contributed by atoms with Crippen LogP contribution in [0.3, 0.4) is 0 Å². The van der Waals surface area contributed by atoms with Gasteiger partial charge in [0.25, 0.3) is 0 Å². The largest absolute Gasteiger partial charge is 3.00 e. The van der Waals surface area contributed by atoms with E-state index in [1.807, 2.05) is 0 Å². The van der Waals surface area contributed by atoms with Gasteiger partial charge in [-0.25, -0.2) is 0 Å². The molecule has 0 aliphatic heterocycles. The molecule has 6 nitrogen and oxygen atoms in total. The molecule has 0 aromatic rings. The molecule has 8 heavy (non-hydrogen) atoms. The molecule has 0 aliphatic rings. The molecule has 0 bridgehead atoms. The van der Waals surface area contributed by atoms with Crippen molar-refractivity contribution in [2.45, 2.75) is 0 Å². The van der Waals surface area contributed by atoms with Gasteiger partial charge in [-0.15, -0.1) is 0 Å². The third-order valence-electron chi connectivity index (χ3n) is 0. The van der Waals surface area contributed by atoms with Gasteiger partial charge in [0.05, 0.1) is 0 Å². The van der Waals surface area contributed by atoms with Crippen LogP contribution in [0.2, 0.25) is 0 Å². The summed E-state index contributed by atoms with van der Waals surface area (Å²) in [5.41, 5.74) is 0. The molecular formula is H9Fe2O6+8. The van der Waals surface area contributed by atoms with Crippen molar-refractivity contribution < 1.29 is 59.9 Å². The molecule has 0 spiro atoms. The standard InChI is InChI=1S/2Fe.H2O2.O2.2H2O/c;;2*1-2;;/h;;1-2H;;2*1H2/q+2;+3;;;;/p+3. The minimum atomic E-state index is 0. The molecule has 0 saturated heterocycles. The van der Waals surface area contributed by atoms with Crippen molar-refractivity contribution >= 4 is 0 Å². The summed E-state index contributed by atoms with van der Waals surface area (Å²) < 4.78 is 0. The fourth-order valence-corrected chi connectivity index (χ4v) is 0. The maximum Gasteiger partial charge on any atom is 3.00 e. The van der Waals surface area contributed by atoms with Crippen molar-refractivity contribution in [3.05, 3.63) is 9.93 Å². The molecule has 0 atom stereocenters. The normalized spacial score (nSPS) is 1.25. The maximum atomic E-state index is 7.00. The van der Waals surface area contributed by atoms with E-state index >= 15 is 0 Å². The number of hydrogen-bond acceptors (Lipinski definition) is 4. The Kier molecular flexibility index (Phi) is 13200. The monoisotopic (exact) mass is 217 g/mol. The van der Waals surface area contributed by atoms with Gasteiger partial charge in [-0.2, -0.15) is 0 Å². The minimum Gasteiger partial charge on any atom is -0.412 e. The van der Waals surface area contributed by atoms with Gasteiger partial charge < -0.3 is 11.0 Å². The van der Waals surface area contributed by atoms with E-state index in [1.54, 1.807) is 0 Å². The van der Waals surface area contributed by atoms with E-state index in [4.69, 9.17) is 20.4 Å². The van der Waals surface area contributed by atoms with Crippen LogP contribution in [0.25, 0.3) is 0 Å². The Labute approximate surface area is 70.4 Å². The van der Waals surface area contributed by atoms with Gasteiger partial charge >= 0.3 is 38.4 Å². The van der Waals surface area contributed by atoms with Crippen LogP contribution in [-0.2, 0) is 34.1 Å². The first-order valence-corrected chi connectivity index (χ1v) is 0.367. The van der Waals surface area contributed by atoms with Gasteiger partial charge in [-0.3, -0.25) is 10.5 Å². The van der Waals surface area contributed by atoms with E-state index in [2.05, 4.69) is 0 Å². The van der Waals surface area contributed by atoms with Crippen LogP contribution in [0.15, 0.2) is 0 Å². The SMILES string of the molecule is O.O.O=O.OO.[Fe+2].[Fe+3].[H+].[H+].[H+]. The smallest absolute Gasteiger partial charge is 0.412 e. The number of hydrogen-bond donors (Lipinski definition) is 2. The van der Waals surface area contributed by atoms with E-state index in [-0.39, 0.29) is 49.4 Å². The first-order chi connectivity index (χ1) is 2.00. The van der Waals surface area contributed by atoms with Gasteiger partial charge in [-0.1, -0.05) is 0 Å². The number of rotatable bonds is 0. The summed E-state index contributed by atoms with van der Waals surface area (Å²) in [6.45, 7) is 0. The van der Waals surface area contributed by atoms with Gasteiger partial charge in [0, 0.05) is 9.93 Å². The maximum absolute atomic E-state index is 7.00. The zero-order chi connectivity index (χ0) is 4.00. The molecular weight excluding hydrogens is 208 g/mol. The molecule has 1 radical (unpaired) electrons. The predicted molar refractivity (Wildman–Crippen MR) is 22.6 cm³/mol. The zero-order valence-electron chi connectivity index (χ0n) is 6.42. The summed E-state index contributed by atoms with van der Waals surface area (Å²) >= 11 is 0. The van der Waals surface area contributed by atoms with Crippen LogP contribution in [0, 0.1) is 9.93 Å². The quantitative estimate of drug-likeness (QED) is 0.297. The van der Waals surface area contributed by atoms with Crippen LogP contribution in [0.5, 0.6) is 0 Å². The molecule has 0 unspecified atom stereocenters. The molecule has 0 rings (SSSR count). The van der Waals surface area contributed by atoms with Crippen molar-refractivity contribution in [3.8, 4) is 0 Å². The molecule has 0 saturated carbocycles. The Bertz CT molecular complexity index is 15.8. The van der Waals surface area contributed by atoms with Crippen molar-refractivity contribution in [2.24, 2.45) is 0 Å². The van der Waals surface area contributed by atoms with E-state index in [9.17, 15) is 0 Å². The molecule has 0 fully saturated rings. The molecule has 53 valence electrons. The van der Waals surface area contributed by atoms with Crippen LogP contribution in [0.1, 0.15) is 4.28 Å². The van der Waals surface area contributed by atoms with Gasteiger partial charge in [0.1, 0.15) is 0 Å². The second-order valence-corrected chi connectivity index (χ2v) is 0. The summed E-state index contributed by atoms with van der Waals surface area (Å²) in [4.78, 5) is 14.0. The van der Waals surface area contributed by atoms with E-state index in [0.717, 1.165) is 0 Å². The molecule has 6 N–H and O–H groups in total. The van der Waals surface area contributed by atoms with E-state index in [0.29, 0.717) is 0 Å². The third-order valence-corrected chi connectivity index (χ3v) is 0. The second kappa shape index (κ2) is 1370. The summed E-state index contributed by atoms with van der Waals surface area (Å²) in [5, 5.41) is 12.0. The molecule has 0 heterocycles. The summed E-state index contributed by atoms with van der Waals surface area (Å²) in [5.74, 6) is 0. The fourth-order valence-electron chi connectivity index (χ4n) is 0. The average molecular weight is 217 g/mol. The Hall–Kier alpha value is 0.479. The summed E-state index contributed by atoms with van der Waals surface area (Å²) in [6.07, 6.45) is 0. The van der Waals surface area contributed by atoms with Gasteiger partial charge in [0.15, 0.2) is 0 Å². The average Bonchev–Trinajstić information content (AvgIpc) is 1.50. The molecule has 0 aromatic heterocycles. The third kappa shape index (κ3) is 848. The minimum absolute atomic E-state index is 0. The van der Waals surface area contributed by atoms with E-state index in [1.165, 1.54) is 0 Å². The van der Waals surface area contributed by atoms with E-state index < -0.39 is 0 Å². The van der Waals surface area contributed by atoms with Crippen LogP contribution in [0.4, 0.5) is 0 Å². The molecule has 0 aromatic carbocycles. The first-order valence-electron chi connectivity index (χ1n) is 0.367. The van der Waals surface area contributed by atoms with Crippen molar-refractivity contribution in [1.82, 2.24) is 0 Å². The molecule has 8 heteroatoms. The van der Waals surface area contributed by atoms with Gasteiger partial charge in [0.2, 0.25) is 0 Å². The van der Waals surface area contributed by atoms with Crippen molar-refractivity contribution in [1.29, 1.82) is 0 Å². The van der Waals surface area contributed by atoms with Crippen LogP contribution >= 0.6 is 0 Å². The molecule has 0 amide bonds. The summed E-state index contributed by atoms with van der Waals surface area (Å²) in [7, 11) is 0. The zero-order valence-corrected chi connectivity index (χ0v) is 5.63.